The van der Waals surface area contributed by atoms with Crippen LogP contribution in [0.5, 0.6) is 0 Å². The molecule has 0 radical (unpaired) electrons. The van der Waals surface area contributed by atoms with Gasteiger partial charge < -0.3 is 20.3 Å². The normalized spacial score (nSPS) is 14.3. The summed E-state index contributed by atoms with van der Waals surface area (Å²) < 4.78 is 6.43. The first-order valence-electron chi connectivity index (χ1n) is 9.03. The van der Waals surface area contributed by atoms with Crippen molar-refractivity contribution in [3.8, 4) is 0 Å². The van der Waals surface area contributed by atoms with Crippen LogP contribution in [0.25, 0.3) is 10.1 Å². The molecule has 3 rings (SSSR count). The van der Waals surface area contributed by atoms with E-state index in [9.17, 15) is 5.11 Å². The van der Waals surface area contributed by atoms with E-state index >= 15 is 0 Å². The van der Waals surface area contributed by atoms with E-state index in [2.05, 4.69) is 39.8 Å². The molecular weight excluding hydrogens is 360 g/mol. The lowest BCUT2D eigenvalue weighted by molar-refractivity contribution is 0.184. The van der Waals surface area contributed by atoms with Crippen molar-refractivity contribution in [3.05, 3.63) is 52.2 Å². The maximum absolute atomic E-state index is 10.5. The highest BCUT2D eigenvalue weighted by Gasteiger charge is 2.17. The van der Waals surface area contributed by atoms with Crippen molar-refractivity contribution in [2.45, 2.75) is 32.8 Å². The molecule has 1 aromatic carbocycles. The number of aliphatic hydroxyl groups is 1. The average molecular weight is 387 g/mol. The fourth-order valence-electron chi connectivity index (χ4n) is 3.23. The lowest BCUT2D eigenvalue weighted by Gasteiger charge is -2.17. The lowest BCUT2D eigenvalue weighted by atomic mass is 10.00. The Morgan fingerprint density at radius 2 is 2.00 bits per heavy atom. The van der Waals surface area contributed by atoms with E-state index in [1.807, 2.05) is 32.0 Å². The van der Waals surface area contributed by atoms with E-state index in [-0.39, 0.29) is 5.92 Å². The van der Waals surface area contributed by atoms with Crippen molar-refractivity contribution in [2.24, 2.45) is 4.99 Å². The molecular formula is C20H26N4O2S. The Morgan fingerprint density at radius 1 is 1.26 bits per heavy atom. The Bertz CT molecular complexity index is 879. The zero-order chi connectivity index (χ0) is 19.4. The van der Waals surface area contributed by atoms with E-state index in [0.717, 1.165) is 27.3 Å². The summed E-state index contributed by atoms with van der Waals surface area (Å²) in [6.07, 6.45) is -0.582. The molecule has 144 valence electrons. The first-order chi connectivity index (χ1) is 13.0. The first-order valence-corrected chi connectivity index (χ1v) is 9.85. The molecule has 2 atom stereocenters. The van der Waals surface area contributed by atoms with E-state index < -0.39 is 6.10 Å². The van der Waals surface area contributed by atoms with Gasteiger partial charge in [0.05, 0.1) is 5.69 Å². The molecule has 0 aliphatic carbocycles. The Labute approximate surface area is 163 Å². The van der Waals surface area contributed by atoms with Crippen molar-refractivity contribution in [3.63, 3.8) is 0 Å². The number of rotatable bonds is 6. The second kappa shape index (κ2) is 8.54. The second-order valence-corrected chi connectivity index (χ2v) is 7.79. The summed E-state index contributed by atoms with van der Waals surface area (Å²) in [5.41, 5.74) is 2.05. The minimum Gasteiger partial charge on any atom is -0.386 e. The van der Waals surface area contributed by atoms with Crippen LogP contribution in [-0.4, -0.2) is 36.4 Å². The van der Waals surface area contributed by atoms with Crippen molar-refractivity contribution >= 4 is 27.4 Å². The van der Waals surface area contributed by atoms with E-state index in [0.29, 0.717) is 19.0 Å². The van der Waals surface area contributed by atoms with Crippen LogP contribution in [0.2, 0.25) is 0 Å². The first kappa shape index (κ1) is 19.4. The zero-order valence-corrected chi connectivity index (χ0v) is 16.9. The van der Waals surface area contributed by atoms with Gasteiger partial charge in [-0.3, -0.25) is 4.99 Å². The number of nitrogens with one attached hydrogen (secondary N) is 2. The van der Waals surface area contributed by atoms with Crippen LogP contribution in [-0.2, 0) is 0 Å². The topological polar surface area (TPSA) is 82.7 Å². The highest BCUT2D eigenvalue weighted by atomic mass is 32.1. The van der Waals surface area contributed by atoms with Gasteiger partial charge in [0, 0.05) is 41.2 Å². The quantitative estimate of drug-likeness (QED) is 0.446. The van der Waals surface area contributed by atoms with Crippen molar-refractivity contribution in [2.75, 3.05) is 20.1 Å². The number of nitrogens with zero attached hydrogens (tertiary/aromatic N) is 2. The predicted molar refractivity (Wildman–Crippen MR) is 111 cm³/mol. The Morgan fingerprint density at radius 3 is 2.67 bits per heavy atom. The fourth-order valence-corrected chi connectivity index (χ4v) is 4.28. The minimum absolute atomic E-state index is 0.238. The van der Waals surface area contributed by atoms with E-state index in [4.69, 9.17) is 4.52 Å². The molecule has 2 heterocycles. The molecule has 0 bridgehead atoms. The van der Waals surface area contributed by atoms with Gasteiger partial charge in [-0.25, -0.2) is 0 Å². The maximum Gasteiger partial charge on any atom is 0.191 e. The predicted octanol–water partition coefficient (Wildman–Crippen LogP) is 3.51. The van der Waals surface area contributed by atoms with Crippen molar-refractivity contribution < 1.29 is 9.63 Å². The Hall–Kier alpha value is -2.38. The van der Waals surface area contributed by atoms with Crippen LogP contribution in [0.15, 0.2) is 39.8 Å². The number of benzene rings is 1. The number of thiophene rings is 1. The molecule has 3 N–H and O–H groups in total. The highest BCUT2D eigenvalue weighted by molar-refractivity contribution is 7.19. The van der Waals surface area contributed by atoms with Gasteiger partial charge in [-0.15, -0.1) is 11.3 Å². The number of hydrogen-bond donors (Lipinski definition) is 3. The van der Waals surface area contributed by atoms with Crippen LogP contribution < -0.4 is 10.6 Å². The summed E-state index contributed by atoms with van der Waals surface area (Å²) in [6.45, 7) is 7.10. The van der Waals surface area contributed by atoms with Crippen LogP contribution in [0.4, 0.5) is 0 Å². The fraction of sp³-hybridized carbons (Fsp3) is 0.400. The molecule has 0 spiro atoms. The Kier molecular flexibility index (Phi) is 6.13. The summed E-state index contributed by atoms with van der Waals surface area (Å²) in [4.78, 5) is 5.19. The van der Waals surface area contributed by atoms with Crippen LogP contribution in [0.1, 0.15) is 40.8 Å². The van der Waals surface area contributed by atoms with Crippen LogP contribution >= 0.6 is 11.3 Å². The third-order valence-electron chi connectivity index (χ3n) is 4.62. The van der Waals surface area contributed by atoms with Gasteiger partial charge in [0.1, 0.15) is 11.9 Å². The number of aliphatic imine (C=N–C) groups is 1. The summed E-state index contributed by atoms with van der Waals surface area (Å²) in [5.74, 6) is 1.75. The summed E-state index contributed by atoms with van der Waals surface area (Å²) in [6, 6.07) is 10.2. The summed E-state index contributed by atoms with van der Waals surface area (Å²) >= 11 is 1.62. The molecule has 0 saturated carbocycles. The summed E-state index contributed by atoms with van der Waals surface area (Å²) in [7, 11) is 1.72. The van der Waals surface area contributed by atoms with E-state index in [1.165, 1.54) is 4.70 Å². The standard InChI is InChI=1S/C20H26N4O2S/c1-12(19-13(2)24-26-14(19)3)10-22-20(21-4)23-11-16(25)18-9-15-7-5-6-8-17(15)27-18/h5-9,12,16,25H,10-11H2,1-4H3,(H2,21,22,23). The monoisotopic (exact) mass is 386 g/mol. The molecule has 0 amide bonds. The van der Waals surface area contributed by atoms with Gasteiger partial charge in [-0.2, -0.15) is 0 Å². The van der Waals surface area contributed by atoms with Crippen molar-refractivity contribution in [1.29, 1.82) is 0 Å². The molecule has 27 heavy (non-hydrogen) atoms. The number of guanidine groups is 1. The minimum atomic E-state index is -0.582. The molecule has 0 saturated heterocycles. The van der Waals surface area contributed by atoms with Crippen LogP contribution in [0, 0.1) is 13.8 Å². The molecule has 2 unspecified atom stereocenters. The highest BCUT2D eigenvalue weighted by Crippen LogP contribution is 2.29. The third kappa shape index (κ3) is 4.48. The SMILES string of the molecule is CN=C(NCC(C)c1c(C)noc1C)NCC(O)c1cc2ccccc2s1. The van der Waals surface area contributed by atoms with Gasteiger partial charge in [-0.05, 0) is 31.4 Å². The molecule has 0 aliphatic heterocycles. The van der Waals surface area contributed by atoms with Gasteiger partial charge >= 0.3 is 0 Å². The van der Waals surface area contributed by atoms with Crippen molar-refractivity contribution in [1.82, 2.24) is 15.8 Å². The molecule has 2 aromatic heterocycles. The number of aliphatic hydroxyl groups excluding tert-OH is 1. The van der Waals surface area contributed by atoms with E-state index in [1.54, 1.807) is 18.4 Å². The molecule has 3 aromatic rings. The number of aryl methyl sites for hydroxylation is 2. The number of aromatic nitrogens is 1. The van der Waals surface area contributed by atoms with Gasteiger partial charge in [0.15, 0.2) is 5.96 Å². The molecule has 0 aliphatic rings. The second-order valence-electron chi connectivity index (χ2n) is 6.68. The molecule has 0 fully saturated rings. The smallest absolute Gasteiger partial charge is 0.191 e. The zero-order valence-electron chi connectivity index (χ0n) is 16.1. The third-order valence-corrected chi connectivity index (χ3v) is 5.83. The van der Waals surface area contributed by atoms with Gasteiger partial charge in [0.2, 0.25) is 0 Å². The average Bonchev–Trinajstić information content (AvgIpc) is 3.24. The van der Waals surface area contributed by atoms with Gasteiger partial charge in [0.25, 0.3) is 0 Å². The molecule has 6 nitrogen and oxygen atoms in total. The van der Waals surface area contributed by atoms with Gasteiger partial charge in [-0.1, -0.05) is 30.3 Å². The number of hydrogen-bond acceptors (Lipinski definition) is 5. The molecule has 7 heteroatoms. The largest absolute Gasteiger partial charge is 0.386 e. The summed E-state index contributed by atoms with van der Waals surface area (Å²) in [5, 5.41) is 22.2. The number of fused-ring (bicyclic) bond motifs is 1. The Balaban J connectivity index is 1.54. The maximum atomic E-state index is 10.5. The lowest BCUT2D eigenvalue weighted by Crippen LogP contribution is -2.40. The van der Waals surface area contributed by atoms with Crippen LogP contribution in [0.3, 0.4) is 0 Å².